The number of nitrogens with zero attached hydrogens (tertiary/aromatic N) is 1. The summed E-state index contributed by atoms with van der Waals surface area (Å²) in [5.74, 6) is -0.0675. The van der Waals surface area contributed by atoms with Crippen molar-refractivity contribution in [3.05, 3.63) is 34.9 Å². The van der Waals surface area contributed by atoms with Gasteiger partial charge in [0.05, 0.1) is 25.4 Å². The van der Waals surface area contributed by atoms with Gasteiger partial charge in [0.15, 0.2) is 0 Å². The summed E-state index contributed by atoms with van der Waals surface area (Å²) in [6, 6.07) is 5.50. The molecular weight excluding hydrogens is 230 g/mol. The number of carbonyl (C=O) groups is 1. The van der Waals surface area contributed by atoms with E-state index in [2.05, 4.69) is 0 Å². The number of aliphatic hydroxyl groups excluding tert-OH is 1. The summed E-state index contributed by atoms with van der Waals surface area (Å²) in [4.78, 5) is 13.9. The highest BCUT2D eigenvalue weighted by atomic mass is 16.5. The molecule has 1 aromatic carbocycles. The highest BCUT2D eigenvalue weighted by Crippen LogP contribution is 2.17. The maximum absolute atomic E-state index is 12.4. The molecule has 1 amide bonds. The fourth-order valence-electron chi connectivity index (χ4n) is 2.30. The first-order valence-corrected chi connectivity index (χ1v) is 6.11. The zero-order valence-electron chi connectivity index (χ0n) is 11.0. The Hall–Kier alpha value is -1.39. The molecule has 1 aromatic rings. The molecule has 1 aliphatic heterocycles. The van der Waals surface area contributed by atoms with Gasteiger partial charge in [-0.05, 0) is 25.5 Å². The van der Waals surface area contributed by atoms with Crippen LogP contribution in [0.2, 0.25) is 0 Å². The molecule has 4 nitrogen and oxygen atoms in total. The lowest BCUT2D eigenvalue weighted by molar-refractivity contribution is 0.0580. The standard InChI is InChI=1S/C14H19NO3/c1-9-4-5-11(10(2)6-9)14(17)15(3)12-7-18-8-13(12)16/h4-6,12-13,16H,7-8H2,1-3H3/t12-,13-/m0/s1. The number of aryl methyl sites for hydroxylation is 2. The maximum atomic E-state index is 12.4. The quantitative estimate of drug-likeness (QED) is 0.855. The van der Waals surface area contributed by atoms with Gasteiger partial charge < -0.3 is 14.7 Å². The second-order valence-electron chi connectivity index (χ2n) is 4.91. The van der Waals surface area contributed by atoms with Crippen LogP contribution in [0.15, 0.2) is 18.2 Å². The second-order valence-corrected chi connectivity index (χ2v) is 4.91. The molecule has 0 saturated carbocycles. The molecular formula is C14H19NO3. The number of ether oxygens (including phenoxy) is 1. The van der Waals surface area contributed by atoms with Gasteiger partial charge in [-0.25, -0.2) is 0 Å². The first-order valence-electron chi connectivity index (χ1n) is 6.11. The zero-order chi connectivity index (χ0) is 13.3. The summed E-state index contributed by atoms with van der Waals surface area (Å²) >= 11 is 0. The number of hydrogen-bond donors (Lipinski definition) is 1. The third kappa shape index (κ3) is 2.40. The van der Waals surface area contributed by atoms with Crippen molar-refractivity contribution in [2.45, 2.75) is 26.0 Å². The van der Waals surface area contributed by atoms with E-state index in [9.17, 15) is 9.90 Å². The van der Waals surface area contributed by atoms with Crippen molar-refractivity contribution in [3.8, 4) is 0 Å². The van der Waals surface area contributed by atoms with Crippen molar-refractivity contribution < 1.29 is 14.6 Å². The van der Waals surface area contributed by atoms with Gasteiger partial charge in [0.2, 0.25) is 0 Å². The van der Waals surface area contributed by atoms with Gasteiger partial charge in [0.25, 0.3) is 5.91 Å². The first-order chi connectivity index (χ1) is 8.50. The van der Waals surface area contributed by atoms with Crippen LogP contribution in [0, 0.1) is 13.8 Å². The molecule has 1 saturated heterocycles. The molecule has 0 unspecified atom stereocenters. The Morgan fingerprint density at radius 1 is 1.39 bits per heavy atom. The third-order valence-corrected chi connectivity index (χ3v) is 3.45. The van der Waals surface area contributed by atoms with E-state index in [0.717, 1.165) is 11.1 Å². The van der Waals surface area contributed by atoms with Crippen LogP contribution in [0.1, 0.15) is 21.5 Å². The first kappa shape index (κ1) is 13.1. The number of rotatable bonds is 2. The predicted octanol–water partition coefficient (Wildman–Crippen LogP) is 1.14. The number of likely N-dealkylation sites (N-methyl/N-ethyl adjacent to an activating group) is 1. The Morgan fingerprint density at radius 3 is 2.67 bits per heavy atom. The molecule has 1 heterocycles. The normalized spacial score (nSPS) is 23.1. The summed E-state index contributed by atoms with van der Waals surface area (Å²) in [5, 5.41) is 9.75. The summed E-state index contributed by atoms with van der Waals surface area (Å²) in [6.07, 6.45) is -0.593. The molecule has 0 aliphatic carbocycles. The minimum Gasteiger partial charge on any atom is -0.388 e. The van der Waals surface area contributed by atoms with Crippen molar-refractivity contribution in [1.82, 2.24) is 4.90 Å². The second kappa shape index (κ2) is 5.08. The lowest BCUT2D eigenvalue weighted by atomic mass is 10.0. The van der Waals surface area contributed by atoms with Crippen molar-refractivity contribution in [2.75, 3.05) is 20.3 Å². The van der Waals surface area contributed by atoms with E-state index in [0.29, 0.717) is 18.8 Å². The molecule has 1 aliphatic rings. The minimum absolute atomic E-state index is 0.0675. The SMILES string of the molecule is Cc1ccc(C(=O)N(C)[C@H]2COC[C@@H]2O)c(C)c1. The summed E-state index contributed by atoms with van der Waals surface area (Å²) in [6.45, 7) is 4.62. The lowest BCUT2D eigenvalue weighted by Crippen LogP contribution is -2.44. The van der Waals surface area contributed by atoms with Crippen molar-refractivity contribution >= 4 is 5.91 Å². The monoisotopic (exact) mass is 249 g/mol. The van der Waals surface area contributed by atoms with E-state index >= 15 is 0 Å². The fraction of sp³-hybridized carbons (Fsp3) is 0.500. The van der Waals surface area contributed by atoms with Crippen molar-refractivity contribution in [2.24, 2.45) is 0 Å². The number of amides is 1. The highest BCUT2D eigenvalue weighted by Gasteiger charge is 2.32. The van der Waals surface area contributed by atoms with Crippen molar-refractivity contribution in [1.29, 1.82) is 0 Å². The van der Waals surface area contributed by atoms with Crippen LogP contribution in [0.3, 0.4) is 0 Å². The summed E-state index contributed by atoms with van der Waals surface area (Å²) in [5.41, 5.74) is 2.78. The maximum Gasteiger partial charge on any atom is 0.254 e. The van der Waals surface area contributed by atoms with Gasteiger partial charge in [0.1, 0.15) is 0 Å². The molecule has 0 bridgehead atoms. The molecule has 4 heteroatoms. The van der Waals surface area contributed by atoms with E-state index < -0.39 is 6.10 Å². The lowest BCUT2D eigenvalue weighted by Gasteiger charge is -2.26. The molecule has 2 rings (SSSR count). The minimum atomic E-state index is -0.593. The Labute approximate surface area is 107 Å². The van der Waals surface area contributed by atoms with E-state index in [1.165, 1.54) is 0 Å². The van der Waals surface area contributed by atoms with Crippen LogP contribution < -0.4 is 0 Å². The van der Waals surface area contributed by atoms with E-state index in [1.807, 2.05) is 32.0 Å². The van der Waals surface area contributed by atoms with Gasteiger partial charge in [-0.2, -0.15) is 0 Å². The van der Waals surface area contributed by atoms with Crippen molar-refractivity contribution in [3.63, 3.8) is 0 Å². The smallest absolute Gasteiger partial charge is 0.254 e. The van der Waals surface area contributed by atoms with Gasteiger partial charge >= 0.3 is 0 Å². The van der Waals surface area contributed by atoms with Gasteiger partial charge in [-0.1, -0.05) is 17.7 Å². The number of aliphatic hydroxyl groups is 1. The molecule has 18 heavy (non-hydrogen) atoms. The average Bonchev–Trinajstić information content (AvgIpc) is 2.74. The van der Waals surface area contributed by atoms with E-state index in [4.69, 9.17) is 4.74 Å². The number of carbonyl (C=O) groups excluding carboxylic acids is 1. The molecule has 0 aromatic heterocycles. The Bertz CT molecular complexity index is 458. The van der Waals surface area contributed by atoms with Crippen LogP contribution in [-0.4, -0.2) is 48.3 Å². The topological polar surface area (TPSA) is 49.8 Å². The number of benzene rings is 1. The zero-order valence-corrected chi connectivity index (χ0v) is 11.0. The molecule has 98 valence electrons. The Morgan fingerprint density at radius 2 is 2.11 bits per heavy atom. The highest BCUT2D eigenvalue weighted by molar-refractivity contribution is 5.95. The predicted molar refractivity (Wildman–Crippen MR) is 68.6 cm³/mol. The fourth-order valence-corrected chi connectivity index (χ4v) is 2.30. The molecule has 1 N–H and O–H groups in total. The van der Waals surface area contributed by atoms with E-state index in [1.54, 1.807) is 11.9 Å². The van der Waals surface area contributed by atoms with Gasteiger partial charge in [0, 0.05) is 12.6 Å². The van der Waals surface area contributed by atoms with Gasteiger partial charge in [-0.3, -0.25) is 4.79 Å². The van der Waals surface area contributed by atoms with Crippen LogP contribution >= 0.6 is 0 Å². The Kier molecular flexibility index (Phi) is 3.68. The molecule has 0 radical (unpaired) electrons. The van der Waals surface area contributed by atoms with Crippen LogP contribution in [0.5, 0.6) is 0 Å². The van der Waals surface area contributed by atoms with Crippen LogP contribution in [0.25, 0.3) is 0 Å². The Balaban J connectivity index is 2.20. The average molecular weight is 249 g/mol. The van der Waals surface area contributed by atoms with Crippen LogP contribution in [0.4, 0.5) is 0 Å². The summed E-state index contributed by atoms with van der Waals surface area (Å²) in [7, 11) is 1.71. The summed E-state index contributed by atoms with van der Waals surface area (Å²) < 4.78 is 5.18. The number of hydrogen-bond acceptors (Lipinski definition) is 3. The largest absolute Gasteiger partial charge is 0.388 e. The molecule has 2 atom stereocenters. The third-order valence-electron chi connectivity index (χ3n) is 3.45. The molecule has 1 fully saturated rings. The molecule has 0 spiro atoms. The van der Waals surface area contributed by atoms with Crippen LogP contribution in [-0.2, 0) is 4.74 Å². The van der Waals surface area contributed by atoms with Gasteiger partial charge in [-0.15, -0.1) is 0 Å². The van der Waals surface area contributed by atoms with E-state index in [-0.39, 0.29) is 11.9 Å².